The Bertz CT molecular complexity index is 701. The maximum Gasteiger partial charge on any atom is 0.244 e. The van der Waals surface area contributed by atoms with Gasteiger partial charge in [-0.3, -0.25) is 4.98 Å². The Balaban J connectivity index is 1.62. The van der Waals surface area contributed by atoms with Gasteiger partial charge >= 0.3 is 0 Å². The Morgan fingerprint density at radius 3 is 2.55 bits per heavy atom. The van der Waals surface area contributed by atoms with Crippen LogP contribution in [0.3, 0.4) is 0 Å². The summed E-state index contributed by atoms with van der Waals surface area (Å²) in [6, 6.07) is 6.68. The zero-order valence-electron chi connectivity index (χ0n) is 11.9. The van der Waals surface area contributed by atoms with Crippen molar-refractivity contribution in [1.82, 2.24) is 19.5 Å². The molecule has 1 aliphatic rings. The summed E-state index contributed by atoms with van der Waals surface area (Å²) in [4.78, 5) is 4.10. The number of aromatic nitrogens is 3. The Labute approximate surface area is 129 Å². The van der Waals surface area contributed by atoms with Gasteiger partial charge in [-0.15, -0.1) is 5.10 Å². The van der Waals surface area contributed by atoms with Crippen molar-refractivity contribution in [3.05, 3.63) is 42.9 Å². The predicted molar refractivity (Wildman–Crippen MR) is 78.7 cm³/mol. The van der Waals surface area contributed by atoms with Crippen LogP contribution in [0.1, 0.15) is 12.8 Å². The number of rotatable bonds is 4. The molecule has 0 aromatic carbocycles. The van der Waals surface area contributed by atoms with Crippen LogP contribution < -0.4 is 4.74 Å². The molecule has 7 nitrogen and oxygen atoms in total. The summed E-state index contributed by atoms with van der Waals surface area (Å²) in [5.74, 6) is 0.469. The third kappa shape index (κ3) is 3.23. The number of hydrogen-bond acceptors (Lipinski definition) is 6. The van der Waals surface area contributed by atoms with Gasteiger partial charge in [0, 0.05) is 37.7 Å². The molecule has 0 aliphatic carbocycles. The first-order valence-corrected chi connectivity index (χ1v) is 8.45. The number of sulfonamides is 1. The first-order valence-electron chi connectivity index (χ1n) is 7.01. The van der Waals surface area contributed by atoms with Gasteiger partial charge in [0.1, 0.15) is 11.0 Å². The summed E-state index contributed by atoms with van der Waals surface area (Å²) in [6.07, 6.45) is 5.71. The van der Waals surface area contributed by atoms with E-state index in [1.165, 1.54) is 10.5 Å². The second kappa shape index (κ2) is 6.37. The fourth-order valence-corrected chi connectivity index (χ4v) is 3.79. The lowest BCUT2D eigenvalue weighted by atomic mass is 10.1. The normalized spacial score (nSPS) is 17.3. The van der Waals surface area contributed by atoms with Crippen LogP contribution >= 0.6 is 0 Å². The van der Waals surface area contributed by atoms with E-state index in [2.05, 4.69) is 15.2 Å². The molecule has 8 heteroatoms. The molecule has 116 valence electrons. The standard InChI is InChI=1S/C14H16N4O3S/c19-22(20,13-3-1-7-15-11-13)18-9-5-12(6-10-18)21-14-4-2-8-16-17-14/h1-4,7-8,11-12H,5-6,9-10H2. The van der Waals surface area contributed by atoms with Gasteiger partial charge in [-0.25, -0.2) is 8.42 Å². The number of ether oxygens (including phenoxy) is 1. The fourth-order valence-electron chi connectivity index (χ4n) is 2.36. The van der Waals surface area contributed by atoms with E-state index in [4.69, 9.17) is 4.74 Å². The third-order valence-electron chi connectivity index (χ3n) is 3.51. The molecule has 0 amide bonds. The van der Waals surface area contributed by atoms with Crippen LogP contribution in [0.15, 0.2) is 47.8 Å². The minimum absolute atomic E-state index is 0.0444. The predicted octanol–water partition coefficient (Wildman–Crippen LogP) is 1.10. The lowest BCUT2D eigenvalue weighted by Crippen LogP contribution is -2.41. The highest BCUT2D eigenvalue weighted by atomic mass is 32.2. The van der Waals surface area contributed by atoms with Gasteiger partial charge in [0.15, 0.2) is 0 Å². The van der Waals surface area contributed by atoms with Gasteiger partial charge in [-0.1, -0.05) is 0 Å². The zero-order chi connectivity index (χ0) is 15.4. The quantitative estimate of drug-likeness (QED) is 0.839. The smallest absolute Gasteiger partial charge is 0.244 e. The lowest BCUT2D eigenvalue weighted by molar-refractivity contribution is 0.128. The molecule has 0 bridgehead atoms. The molecule has 0 radical (unpaired) electrons. The van der Waals surface area contributed by atoms with Crippen molar-refractivity contribution < 1.29 is 13.2 Å². The van der Waals surface area contributed by atoms with Crippen molar-refractivity contribution in [2.24, 2.45) is 0 Å². The minimum atomic E-state index is -3.47. The zero-order valence-corrected chi connectivity index (χ0v) is 12.7. The Morgan fingerprint density at radius 1 is 1.14 bits per heavy atom. The Hall–Kier alpha value is -2.06. The van der Waals surface area contributed by atoms with Crippen LogP contribution in [0.4, 0.5) is 0 Å². The minimum Gasteiger partial charge on any atom is -0.473 e. The second-order valence-electron chi connectivity index (χ2n) is 4.97. The van der Waals surface area contributed by atoms with Crippen molar-refractivity contribution in [3.8, 4) is 5.88 Å². The van der Waals surface area contributed by atoms with E-state index in [1.807, 2.05) is 0 Å². The largest absolute Gasteiger partial charge is 0.473 e. The van der Waals surface area contributed by atoms with E-state index in [-0.39, 0.29) is 11.0 Å². The van der Waals surface area contributed by atoms with Crippen LogP contribution in [0, 0.1) is 0 Å². The van der Waals surface area contributed by atoms with Gasteiger partial charge in [-0.2, -0.15) is 9.40 Å². The van der Waals surface area contributed by atoms with Crippen molar-refractivity contribution in [1.29, 1.82) is 0 Å². The van der Waals surface area contributed by atoms with E-state index in [0.29, 0.717) is 31.8 Å². The highest BCUT2D eigenvalue weighted by Crippen LogP contribution is 2.22. The molecule has 0 spiro atoms. The van der Waals surface area contributed by atoms with Crippen LogP contribution in [-0.4, -0.2) is 47.1 Å². The summed E-state index contributed by atoms with van der Waals surface area (Å²) < 4.78 is 32.1. The van der Waals surface area contributed by atoms with Crippen molar-refractivity contribution in [2.75, 3.05) is 13.1 Å². The molecule has 0 saturated carbocycles. The van der Waals surface area contributed by atoms with Crippen molar-refractivity contribution in [3.63, 3.8) is 0 Å². The molecule has 0 unspecified atom stereocenters. The number of pyridine rings is 1. The molecule has 22 heavy (non-hydrogen) atoms. The van der Waals surface area contributed by atoms with E-state index in [9.17, 15) is 8.42 Å². The SMILES string of the molecule is O=S(=O)(c1cccnc1)N1CCC(Oc2cccnn2)CC1. The van der Waals surface area contributed by atoms with E-state index >= 15 is 0 Å². The number of nitrogens with zero attached hydrogens (tertiary/aromatic N) is 4. The maximum absolute atomic E-state index is 12.5. The average molecular weight is 320 g/mol. The molecule has 3 rings (SSSR count). The summed E-state index contributed by atoms with van der Waals surface area (Å²) in [5.41, 5.74) is 0. The van der Waals surface area contributed by atoms with E-state index < -0.39 is 10.0 Å². The van der Waals surface area contributed by atoms with E-state index in [1.54, 1.807) is 36.7 Å². The average Bonchev–Trinajstić information content (AvgIpc) is 2.57. The molecule has 1 aliphatic heterocycles. The van der Waals surface area contributed by atoms with Gasteiger partial charge in [-0.05, 0) is 31.0 Å². The van der Waals surface area contributed by atoms with Gasteiger partial charge < -0.3 is 4.74 Å². The second-order valence-corrected chi connectivity index (χ2v) is 6.91. The third-order valence-corrected chi connectivity index (χ3v) is 5.39. The topological polar surface area (TPSA) is 85.3 Å². The molecule has 0 N–H and O–H groups in total. The monoisotopic (exact) mass is 320 g/mol. The fraction of sp³-hybridized carbons (Fsp3) is 0.357. The lowest BCUT2D eigenvalue weighted by Gasteiger charge is -2.30. The van der Waals surface area contributed by atoms with Crippen LogP contribution in [-0.2, 0) is 10.0 Å². The highest BCUT2D eigenvalue weighted by Gasteiger charge is 2.30. The summed E-state index contributed by atoms with van der Waals surface area (Å²) in [7, 11) is -3.47. The van der Waals surface area contributed by atoms with E-state index in [0.717, 1.165) is 0 Å². The first kappa shape index (κ1) is 14.9. The van der Waals surface area contributed by atoms with Crippen LogP contribution in [0.5, 0.6) is 5.88 Å². The maximum atomic E-state index is 12.5. The van der Waals surface area contributed by atoms with Crippen molar-refractivity contribution >= 4 is 10.0 Å². The molecule has 1 saturated heterocycles. The molecule has 0 atom stereocenters. The van der Waals surface area contributed by atoms with Crippen molar-refractivity contribution in [2.45, 2.75) is 23.8 Å². The molecule has 2 aromatic heterocycles. The summed E-state index contributed by atoms with van der Waals surface area (Å²) in [5, 5.41) is 7.63. The van der Waals surface area contributed by atoms with Crippen LogP contribution in [0.2, 0.25) is 0 Å². The highest BCUT2D eigenvalue weighted by molar-refractivity contribution is 7.89. The molecule has 1 fully saturated rings. The number of hydrogen-bond donors (Lipinski definition) is 0. The molecule has 3 heterocycles. The molecule has 2 aromatic rings. The Morgan fingerprint density at radius 2 is 1.91 bits per heavy atom. The first-order chi connectivity index (χ1) is 10.7. The van der Waals surface area contributed by atoms with Gasteiger partial charge in [0.05, 0.1) is 0 Å². The summed E-state index contributed by atoms with van der Waals surface area (Å²) in [6.45, 7) is 0.838. The summed E-state index contributed by atoms with van der Waals surface area (Å²) >= 11 is 0. The Kier molecular flexibility index (Phi) is 4.30. The van der Waals surface area contributed by atoms with Gasteiger partial charge in [0.2, 0.25) is 15.9 Å². The van der Waals surface area contributed by atoms with Crippen LogP contribution in [0.25, 0.3) is 0 Å². The number of piperidine rings is 1. The van der Waals surface area contributed by atoms with Gasteiger partial charge in [0.25, 0.3) is 0 Å². The molecular formula is C14H16N4O3S. The molecular weight excluding hydrogens is 304 g/mol.